The van der Waals surface area contributed by atoms with E-state index >= 15 is 0 Å². The van der Waals surface area contributed by atoms with E-state index in [1.807, 2.05) is 17.9 Å². The monoisotopic (exact) mass is 308 g/mol. The number of rotatable bonds is 7. The van der Waals surface area contributed by atoms with Gasteiger partial charge in [0.2, 0.25) is 5.91 Å². The number of nitrogens with one attached hydrogen (secondary N) is 1. The van der Waals surface area contributed by atoms with Gasteiger partial charge in [-0.3, -0.25) is 14.4 Å². The Hall–Kier alpha value is -1.40. The normalized spacial score (nSPS) is 19.3. The molecule has 1 aromatic heterocycles. The van der Waals surface area contributed by atoms with Gasteiger partial charge in [0.05, 0.1) is 6.20 Å². The fraction of sp³-hybridized carbons (Fsp3) is 0.750. The van der Waals surface area contributed by atoms with Crippen LogP contribution in [-0.2, 0) is 23.1 Å². The van der Waals surface area contributed by atoms with E-state index in [9.17, 15) is 4.79 Å². The van der Waals surface area contributed by atoms with Crippen molar-refractivity contribution in [2.24, 2.45) is 7.05 Å². The number of piperidine rings is 1. The number of aryl methyl sites for hydroxylation is 1. The smallest absolute Gasteiger partial charge is 0.245 e. The third-order valence-electron chi connectivity index (χ3n) is 4.53. The summed E-state index contributed by atoms with van der Waals surface area (Å²) in [6.07, 6.45) is 6.71. The molecule has 1 N–H and O–H groups in total. The lowest BCUT2D eigenvalue weighted by molar-refractivity contribution is -0.124. The van der Waals surface area contributed by atoms with Crippen molar-refractivity contribution < 1.29 is 9.53 Å². The first kappa shape index (κ1) is 17.0. The Labute approximate surface area is 132 Å². The van der Waals surface area contributed by atoms with Gasteiger partial charge in [0.15, 0.2) is 0 Å². The van der Waals surface area contributed by atoms with Crippen LogP contribution in [0.3, 0.4) is 0 Å². The van der Waals surface area contributed by atoms with E-state index in [0.29, 0.717) is 6.04 Å². The fourth-order valence-corrected chi connectivity index (χ4v) is 3.07. The van der Waals surface area contributed by atoms with Crippen molar-refractivity contribution in [3.05, 3.63) is 17.5 Å². The van der Waals surface area contributed by atoms with Crippen LogP contribution in [0.25, 0.3) is 0 Å². The van der Waals surface area contributed by atoms with Gasteiger partial charge in [-0.15, -0.1) is 0 Å². The van der Waals surface area contributed by atoms with Crippen molar-refractivity contribution in [3.63, 3.8) is 0 Å². The minimum Gasteiger partial charge on any atom is -0.375 e. The first-order valence-corrected chi connectivity index (χ1v) is 8.09. The second-order valence-corrected chi connectivity index (χ2v) is 6.07. The number of aromatic nitrogens is 2. The van der Waals surface area contributed by atoms with Crippen LogP contribution in [0.15, 0.2) is 6.20 Å². The first-order valence-electron chi connectivity index (χ1n) is 8.09. The second kappa shape index (κ2) is 8.29. The van der Waals surface area contributed by atoms with Crippen LogP contribution < -0.4 is 5.32 Å². The zero-order valence-corrected chi connectivity index (χ0v) is 14.0. The van der Waals surface area contributed by atoms with Crippen LogP contribution in [0.2, 0.25) is 0 Å². The van der Waals surface area contributed by atoms with E-state index in [-0.39, 0.29) is 12.5 Å². The highest BCUT2D eigenvalue weighted by molar-refractivity contribution is 5.77. The summed E-state index contributed by atoms with van der Waals surface area (Å²) < 4.78 is 6.76. The molecule has 1 saturated heterocycles. The van der Waals surface area contributed by atoms with Gasteiger partial charge < -0.3 is 10.1 Å². The van der Waals surface area contributed by atoms with Crippen molar-refractivity contribution in [3.8, 4) is 0 Å². The molecule has 124 valence electrons. The Morgan fingerprint density at radius 1 is 1.50 bits per heavy atom. The summed E-state index contributed by atoms with van der Waals surface area (Å²) >= 11 is 0. The Bertz CT molecular complexity index is 486. The van der Waals surface area contributed by atoms with E-state index in [1.165, 1.54) is 30.5 Å². The highest BCUT2D eigenvalue weighted by Gasteiger charge is 2.23. The zero-order chi connectivity index (χ0) is 15.9. The van der Waals surface area contributed by atoms with Gasteiger partial charge in [0.25, 0.3) is 0 Å². The molecule has 1 aliphatic heterocycles. The minimum absolute atomic E-state index is 0.0343. The molecule has 0 bridgehead atoms. The molecule has 6 nitrogen and oxygen atoms in total. The molecule has 1 aromatic rings. The maximum atomic E-state index is 11.4. The molecule has 22 heavy (non-hydrogen) atoms. The van der Waals surface area contributed by atoms with Gasteiger partial charge >= 0.3 is 0 Å². The number of nitrogens with zero attached hydrogens (tertiary/aromatic N) is 3. The summed E-state index contributed by atoms with van der Waals surface area (Å²) in [7, 11) is 3.52. The third kappa shape index (κ3) is 4.55. The zero-order valence-electron chi connectivity index (χ0n) is 14.0. The first-order chi connectivity index (χ1) is 10.6. The standard InChI is InChI=1S/C16H28N4O2/c1-13-14(10-18-19(13)2)11-20-9-5-4-6-15(20)7-8-17-16(21)12-22-3/h10,15H,4-9,11-12H2,1-3H3,(H,17,21). The van der Waals surface area contributed by atoms with Crippen molar-refractivity contribution in [2.75, 3.05) is 26.8 Å². The van der Waals surface area contributed by atoms with E-state index in [0.717, 1.165) is 26.1 Å². The van der Waals surface area contributed by atoms with E-state index in [2.05, 4.69) is 22.2 Å². The van der Waals surface area contributed by atoms with Crippen LogP contribution in [-0.4, -0.2) is 53.4 Å². The van der Waals surface area contributed by atoms with Crippen LogP contribution in [0.5, 0.6) is 0 Å². The maximum Gasteiger partial charge on any atom is 0.245 e. The number of carbonyl (C=O) groups excluding carboxylic acids is 1. The number of amides is 1. The number of hydrogen-bond acceptors (Lipinski definition) is 4. The van der Waals surface area contributed by atoms with Crippen LogP contribution in [0.4, 0.5) is 0 Å². The predicted molar refractivity (Wildman–Crippen MR) is 85.5 cm³/mol. The molecule has 2 heterocycles. The lowest BCUT2D eigenvalue weighted by Crippen LogP contribution is -2.41. The van der Waals surface area contributed by atoms with Gasteiger partial charge in [-0.2, -0.15) is 5.10 Å². The molecule has 0 radical (unpaired) electrons. The van der Waals surface area contributed by atoms with Crippen molar-refractivity contribution in [1.29, 1.82) is 0 Å². The van der Waals surface area contributed by atoms with Crippen LogP contribution in [0.1, 0.15) is 36.9 Å². The van der Waals surface area contributed by atoms with Gasteiger partial charge in [-0.05, 0) is 32.7 Å². The van der Waals surface area contributed by atoms with Crippen molar-refractivity contribution in [2.45, 2.75) is 45.2 Å². The molecule has 2 rings (SSSR count). The number of methoxy groups -OCH3 is 1. The molecule has 1 atom stereocenters. The second-order valence-electron chi connectivity index (χ2n) is 6.07. The van der Waals surface area contributed by atoms with E-state index < -0.39 is 0 Å². The predicted octanol–water partition coefficient (Wildman–Crippen LogP) is 1.24. The van der Waals surface area contributed by atoms with Gasteiger partial charge in [-0.25, -0.2) is 0 Å². The third-order valence-corrected chi connectivity index (χ3v) is 4.53. The highest BCUT2D eigenvalue weighted by atomic mass is 16.5. The maximum absolute atomic E-state index is 11.4. The molecular formula is C16H28N4O2. The molecule has 0 spiro atoms. The molecule has 6 heteroatoms. The molecule has 1 amide bonds. The van der Waals surface area contributed by atoms with Crippen molar-refractivity contribution in [1.82, 2.24) is 20.0 Å². The average molecular weight is 308 g/mol. The summed E-state index contributed by atoms with van der Waals surface area (Å²) in [5, 5.41) is 7.26. The number of carbonyl (C=O) groups is 1. The molecule has 1 aliphatic rings. The summed E-state index contributed by atoms with van der Waals surface area (Å²) in [5.41, 5.74) is 2.54. The largest absolute Gasteiger partial charge is 0.375 e. The molecule has 1 unspecified atom stereocenters. The summed E-state index contributed by atoms with van der Waals surface area (Å²) in [6.45, 7) is 5.06. The van der Waals surface area contributed by atoms with Crippen LogP contribution >= 0.6 is 0 Å². The highest BCUT2D eigenvalue weighted by Crippen LogP contribution is 2.22. The SMILES string of the molecule is COCC(=O)NCCC1CCCCN1Cc1cnn(C)c1C. The fourth-order valence-electron chi connectivity index (χ4n) is 3.07. The Balaban J connectivity index is 1.85. The summed E-state index contributed by atoms with van der Waals surface area (Å²) in [4.78, 5) is 14.0. The number of hydrogen-bond donors (Lipinski definition) is 1. The minimum atomic E-state index is -0.0343. The Morgan fingerprint density at radius 2 is 2.32 bits per heavy atom. The van der Waals surface area contributed by atoms with Crippen LogP contribution in [0, 0.1) is 6.92 Å². The lowest BCUT2D eigenvalue weighted by atomic mass is 9.98. The Kier molecular flexibility index (Phi) is 6.39. The number of likely N-dealkylation sites (tertiary alicyclic amines) is 1. The molecule has 0 saturated carbocycles. The molecule has 1 fully saturated rings. The van der Waals surface area contributed by atoms with Gasteiger partial charge in [0, 0.05) is 44.5 Å². The van der Waals surface area contributed by atoms with Gasteiger partial charge in [0.1, 0.15) is 6.61 Å². The van der Waals surface area contributed by atoms with Crippen molar-refractivity contribution >= 4 is 5.91 Å². The van der Waals surface area contributed by atoms with Gasteiger partial charge in [-0.1, -0.05) is 6.42 Å². The van der Waals surface area contributed by atoms with E-state index in [1.54, 1.807) is 7.11 Å². The molecule has 0 aromatic carbocycles. The number of ether oxygens (including phenoxy) is 1. The van der Waals surface area contributed by atoms with E-state index in [4.69, 9.17) is 4.74 Å². The topological polar surface area (TPSA) is 59.4 Å². The molecular weight excluding hydrogens is 280 g/mol. The lowest BCUT2D eigenvalue weighted by Gasteiger charge is -2.35. The summed E-state index contributed by atoms with van der Waals surface area (Å²) in [6, 6.07) is 0.538. The molecule has 0 aliphatic carbocycles. The quantitative estimate of drug-likeness (QED) is 0.823. The average Bonchev–Trinajstić information content (AvgIpc) is 2.81. The summed E-state index contributed by atoms with van der Waals surface area (Å²) in [5.74, 6) is -0.0343. The Morgan fingerprint density at radius 3 is 3.00 bits per heavy atom.